The molecule has 26 heavy (non-hydrogen) atoms. The van der Waals surface area contributed by atoms with E-state index >= 15 is 0 Å². The third-order valence-electron chi connectivity index (χ3n) is 6.45. The number of carbonyl (C=O) groups is 1. The van der Waals surface area contributed by atoms with Crippen LogP contribution in [0.25, 0.3) is 0 Å². The molecule has 1 heterocycles. The highest BCUT2D eigenvalue weighted by Crippen LogP contribution is 2.44. The molecule has 1 unspecified atom stereocenters. The van der Waals surface area contributed by atoms with E-state index in [-0.39, 0.29) is 23.2 Å². The highest BCUT2D eigenvalue weighted by atomic mass is 19.1. The molecule has 2 fully saturated rings. The molecule has 1 aliphatic heterocycles. The topological polar surface area (TPSA) is 43.8 Å². The maximum Gasteiger partial charge on any atom is 0.222 e. The number of piperidine rings is 1. The minimum Gasteiger partial charge on any atom is -0.391 e. The smallest absolute Gasteiger partial charge is 0.222 e. The zero-order chi connectivity index (χ0) is 18.7. The van der Waals surface area contributed by atoms with Crippen LogP contribution >= 0.6 is 0 Å². The van der Waals surface area contributed by atoms with Crippen LogP contribution in [-0.2, 0) is 10.3 Å². The summed E-state index contributed by atoms with van der Waals surface area (Å²) in [4.78, 5) is 16.0. The summed E-state index contributed by atoms with van der Waals surface area (Å²) in [5, 5.41) is 10.7. The van der Waals surface area contributed by atoms with Gasteiger partial charge in [-0.25, -0.2) is 4.39 Å². The molecule has 1 N–H and O–H groups in total. The Morgan fingerprint density at radius 2 is 2.04 bits per heavy atom. The number of rotatable bonds is 5. The van der Waals surface area contributed by atoms with Crippen molar-refractivity contribution in [2.45, 2.75) is 56.6 Å². The first-order valence-corrected chi connectivity index (χ1v) is 9.82. The molecule has 1 aliphatic carbocycles. The second-order valence-electron chi connectivity index (χ2n) is 8.14. The molecule has 144 valence electrons. The molecule has 1 saturated carbocycles. The van der Waals surface area contributed by atoms with E-state index in [2.05, 4.69) is 4.90 Å². The van der Waals surface area contributed by atoms with Crippen LogP contribution in [0.1, 0.15) is 50.5 Å². The van der Waals surface area contributed by atoms with Crippen molar-refractivity contribution in [3.05, 3.63) is 35.6 Å². The quantitative estimate of drug-likeness (QED) is 0.875. The monoisotopic (exact) mass is 362 g/mol. The molecule has 1 atom stereocenters. The summed E-state index contributed by atoms with van der Waals surface area (Å²) in [7, 11) is 4.10. The maximum atomic E-state index is 13.8. The van der Waals surface area contributed by atoms with E-state index in [1.807, 2.05) is 25.1 Å². The van der Waals surface area contributed by atoms with Gasteiger partial charge in [0.25, 0.3) is 0 Å². The van der Waals surface area contributed by atoms with Gasteiger partial charge in [0.15, 0.2) is 0 Å². The largest absolute Gasteiger partial charge is 0.391 e. The van der Waals surface area contributed by atoms with E-state index in [1.165, 1.54) is 6.07 Å². The third kappa shape index (κ3) is 3.94. The van der Waals surface area contributed by atoms with Crippen LogP contribution in [0.15, 0.2) is 24.3 Å². The van der Waals surface area contributed by atoms with E-state index in [4.69, 9.17) is 0 Å². The first kappa shape index (κ1) is 19.3. The SMILES string of the molecule is CN(C)C1(c2cccc(F)c2)CCC(C(O)CN2CCCCC2=O)CC1. The summed E-state index contributed by atoms with van der Waals surface area (Å²) in [6, 6.07) is 6.91. The Hall–Kier alpha value is -1.46. The second-order valence-corrected chi connectivity index (χ2v) is 8.14. The van der Waals surface area contributed by atoms with Gasteiger partial charge in [0, 0.05) is 25.0 Å². The fourth-order valence-electron chi connectivity index (χ4n) is 4.70. The average Bonchev–Trinajstić information content (AvgIpc) is 2.63. The third-order valence-corrected chi connectivity index (χ3v) is 6.45. The lowest BCUT2D eigenvalue weighted by Crippen LogP contribution is -2.48. The molecule has 1 aromatic carbocycles. The van der Waals surface area contributed by atoms with Crippen LogP contribution in [0.2, 0.25) is 0 Å². The number of β-amino-alcohol motifs (C(OH)–C–C–N with tert-alkyl or cyclic N) is 1. The van der Waals surface area contributed by atoms with Crippen LogP contribution < -0.4 is 0 Å². The summed E-state index contributed by atoms with van der Waals surface area (Å²) >= 11 is 0. The lowest BCUT2D eigenvalue weighted by atomic mass is 9.70. The molecule has 5 heteroatoms. The predicted molar refractivity (Wildman–Crippen MR) is 100 cm³/mol. The lowest BCUT2D eigenvalue weighted by molar-refractivity contribution is -0.135. The molecule has 3 rings (SSSR count). The number of aliphatic hydroxyl groups is 1. The minimum absolute atomic E-state index is 0.175. The Bertz CT molecular complexity index is 626. The Labute approximate surface area is 156 Å². The standard InChI is InChI=1S/C21H31FN2O2/c1-23(2)21(17-6-5-7-18(22)14-17)11-9-16(10-12-21)19(25)15-24-13-4-3-8-20(24)26/h5-7,14,16,19,25H,3-4,8-13,15H2,1-2H3. The van der Waals surface area contributed by atoms with Gasteiger partial charge in [-0.2, -0.15) is 0 Å². The molecular formula is C21H31FN2O2. The zero-order valence-electron chi connectivity index (χ0n) is 16.0. The highest BCUT2D eigenvalue weighted by Gasteiger charge is 2.41. The number of nitrogens with zero attached hydrogens (tertiary/aromatic N) is 2. The van der Waals surface area contributed by atoms with Crippen LogP contribution in [0, 0.1) is 11.7 Å². The van der Waals surface area contributed by atoms with Crippen LogP contribution in [0.4, 0.5) is 4.39 Å². The van der Waals surface area contributed by atoms with Gasteiger partial charge >= 0.3 is 0 Å². The molecule has 4 nitrogen and oxygen atoms in total. The van der Waals surface area contributed by atoms with Gasteiger partial charge in [-0.15, -0.1) is 0 Å². The predicted octanol–water partition coefficient (Wildman–Crippen LogP) is 3.15. The number of benzene rings is 1. The van der Waals surface area contributed by atoms with Crippen LogP contribution in [0.5, 0.6) is 0 Å². The normalized spacial score (nSPS) is 28.4. The minimum atomic E-state index is -0.468. The summed E-state index contributed by atoms with van der Waals surface area (Å²) in [6.45, 7) is 1.23. The number of likely N-dealkylation sites (tertiary alicyclic amines) is 1. The van der Waals surface area contributed by atoms with E-state index in [1.54, 1.807) is 12.1 Å². The van der Waals surface area contributed by atoms with Gasteiger partial charge < -0.3 is 10.0 Å². The van der Waals surface area contributed by atoms with Crippen molar-refractivity contribution in [1.29, 1.82) is 0 Å². The molecule has 1 amide bonds. The van der Waals surface area contributed by atoms with Crippen molar-refractivity contribution < 1.29 is 14.3 Å². The van der Waals surface area contributed by atoms with Gasteiger partial charge in [-0.1, -0.05) is 12.1 Å². The number of aliphatic hydroxyl groups excluding tert-OH is 1. The Kier molecular flexibility index (Phi) is 5.98. The Balaban J connectivity index is 1.65. The zero-order valence-corrected chi connectivity index (χ0v) is 16.0. The lowest BCUT2D eigenvalue weighted by Gasteiger charge is -2.46. The van der Waals surface area contributed by atoms with Crippen molar-refractivity contribution in [2.24, 2.45) is 5.92 Å². The number of amides is 1. The maximum absolute atomic E-state index is 13.8. The van der Waals surface area contributed by atoms with E-state index in [9.17, 15) is 14.3 Å². The molecule has 1 aromatic rings. The first-order chi connectivity index (χ1) is 12.4. The number of hydrogen-bond donors (Lipinski definition) is 1. The molecule has 0 bridgehead atoms. The van der Waals surface area contributed by atoms with Gasteiger partial charge in [-0.3, -0.25) is 9.69 Å². The van der Waals surface area contributed by atoms with Crippen molar-refractivity contribution in [3.8, 4) is 0 Å². The van der Waals surface area contributed by atoms with Crippen molar-refractivity contribution >= 4 is 5.91 Å². The molecule has 0 spiro atoms. The van der Waals surface area contributed by atoms with Crippen LogP contribution in [-0.4, -0.2) is 54.1 Å². The summed E-state index contributed by atoms with van der Waals surface area (Å²) in [5.74, 6) is 0.175. The molecule has 0 aromatic heterocycles. The first-order valence-electron chi connectivity index (χ1n) is 9.82. The van der Waals surface area contributed by atoms with E-state index < -0.39 is 6.10 Å². The number of halogens is 1. The van der Waals surface area contributed by atoms with Crippen molar-refractivity contribution in [2.75, 3.05) is 27.2 Å². The van der Waals surface area contributed by atoms with Gasteiger partial charge in [0.05, 0.1) is 6.10 Å². The fraction of sp³-hybridized carbons (Fsp3) is 0.667. The van der Waals surface area contributed by atoms with Crippen molar-refractivity contribution in [1.82, 2.24) is 9.80 Å². The fourth-order valence-corrected chi connectivity index (χ4v) is 4.70. The highest BCUT2D eigenvalue weighted by molar-refractivity contribution is 5.76. The van der Waals surface area contributed by atoms with Gasteiger partial charge in [0.2, 0.25) is 5.91 Å². The van der Waals surface area contributed by atoms with Crippen LogP contribution in [0.3, 0.4) is 0 Å². The average molecular weight is 362 g/mol. The van der Waals surface area contributed by atoms with Gasteiger partial charge in [-0.05, 0) is 76.2 Å². The second kappa shape index (κ2) is 8.05. The van der Waals surface area contributed by atoms with Crippen molar-refractivity contribution in [3.63, 3.8) is 0 Å². The molecule has 2 aliphatic rings. The Morgan fingerprint density at radius 1 is 1.31 bits per heavy atom. The van der Waals surface area contributed by atoms with E-state index in [0.717, 1.165) is 50.6 Å². The number of carbonyl (C=O) groups excluding carboxylic acids is 1. The number of hydrogen-bond acceptors (Lipinski definition) is 3. The summed E-state index contributed by atoms with van der Waals surface area (Å²) < 4.78 is 13.8. The Morgan fingerprint density at radius 3 is 2.65 bits per heavy atom. The van der Waals surface area contributed by atoms with Gasteiger partial charge in [0.1, 0.15) is 5.82 Å². The molecule has 1 saturated heterocycles. The molecule has 0 radical (unpaired) electrons. The summed E-state index contributed by atoms with van der Waals surface area (Å²) in [6.07, 6.45) is 5.69. The molecular weight excluding hydrogens is 331 g/mol. The summed E-state index contributed by atoms with van der Waals surface area (Å²) in [5.41, 5.74) is 0.834. The van der Waals surface area contributed by atoms with E-state index in [0.29, 0.717) is 13.0 Å².